The van der Waals surface area contributed by atoms with Crippen molar-refractivity contribution in [3.63, 3.8) is 0 Å². The summed E-state index contributed by atoms with van der Waals surface area (Å²) in [6.07, 6.45) is 1.43. The number of hydrogen-bond acceptors (Lipinski definition) is 6. The molecule has 1 aliphatic heterocycles. The van der Waals surface area contributed by atoms with Gasteiger partial charge in [-0.05, 0) is 48.4 Å². The predicted molar refractivity (Wildman–Crippen MR) is 103 cm³/mol. The normalized spacial score (nSPS) is 13.6. The Bertz CT molecular complexity index is 880. The van der Waals surface area contributed by atoms with Crippen LogP contribution in [0, 0.1) is 0 Å². The minimum atomic E-state index is -0.853. The van der Waals surface area contributed by atoms with Crippen molar-refractivity contribution < 1.29 is 23.8 Å². The van der Waals surface area contributed by atoms with Crippen molar-refractivity contribution in [1.82, 2.24) is 10.7 Å². The Kier molecular flexibility index (Phi) is 6.11. The van der Waals surface area contributed by atoms with E-state index < -0.39 is 11.8 Å². The van der Waals surface area contributed by atoms with Crippen LogP contribution in [-0.4, -0.2) is 38.4 Å². The summed E-state index contributed by atoms with van der Waals surface area (Å²) in [6, 6.07) is 12.2. The molecule has 8 nitrogen and oxygen atoms in total. The van der Waals surface area contributed by atoms with Gasteiger partial charge in [0.1, 0.15) is 19.0 Å². The van der Waals surface area contributed by atoms with Gasteiger partial charge in [-0.25, -0.2) is 5.43 Å². The molecule has 0 saturated carbocycles. The van der Waals surface area contributed by atoms with Crippen molar-refractivity contribution in [1.29, 1.82) is 0 Å². The Morgan fingerprint density at radius 3 is 2.50 bits per heavy atom. The molecule has 28 heavy (non-hydrogen) atoms. The Morgan fingerprint density at radius 2 is 1.79 bits per heavy atom. The monoisotopic (exact) mass is 383 g/mol. The third-order valence-corrected chi connectivity index (χ3v) is 4.12. The molecule has 0 fully saturated rings. The van der Waals surface area contributed by atoms with Crippen LogP contribution in [-0.2, 0) is 9.59 Å². The topological polar surface area (TPSA) is 98.2 Å². The van der Waals surface area contributed by atoms with Crippen LogP contribution in [0.3, 0.4) is 0 Å². The number of nitrogens with one attached hydrogen (secondary N) is 2. The Morgan fingerprint density at radius 1 is 1.07 bits per heavy atom. The Hall–Kier alpha value is -3.55. The first-order valence-electron chi connectivity index (χ1n) is 8.74. The molecular weight excluding hydrogens is 362 g/mol. The fourth-order valence-corrected chi connectivity index (χ4v) is 2.59. The van der Waals surface area contributed by atoms with Gasteiger partial charge in [-0.3, -0.25) is 9.59 Å². The zero-order valence-corrected chi connectivity index (χ0v) is 15.6. The predicted octanol–water partition coefficient (Wildman–Crippen LogP) is 1.79. The van der Waals surface area contributed by atoms with E-state index in [9.17, 15) is 9.59 Å². The van der Waals surface area contributed by atoms with Gasteiger partial charge in [0.2, 0.25) is 0 Å². The van der Waals surface area contributed by atoms with E-state index in [4.69, 9.17) is 14.2 Å². The molecule has 1 atom stereocenters. The molecule has 0 spiro atoms. The van der Waals surface area contributed by atoms with Crippen LogP contribution in [0.5, 0.6) is 17.2 Å². The second-order valence-corrected chi connectivity index (χ2v) is 6.07. The van der Waals surface area contributed by atoms with Crippen LogP contribution in [0.15, 0.2) is 47.6 Å². The van der Waals surface area contributed by atoms with Gasteiger partial charge in [-0.1, -0.05) is 12.1 Å². The van der Waals surface area contributed by atoms with Gasteiger partial charge in [0.25, 0.3) is 0 Å². The van der Waals surface area contributed by atoms with E-state index in [1.165, 1.54) is 6.21 Å². The average molecular weight is 383 g/mol. The highest BCUT2D eigenvalue weighted by Gasteiger charge is 2.17. The minimum Gasteiger partial charge on any atom is -0.497 e. The standard InChI is InChI=1S/C20H21N3O5/c1-13(15-4-6-16(26-2)7-5-15)22-19(24)20(25)23-21-12-14-3-8-17-18(11-14)28-10-9-27-17/h3-8,11-13H,9-10H2,1-2H3,(H,22,24)(H,23,25). The van der Waals surface area contributed by atoms with Crippen molar-refractivity contribution in [2.24, 2.45) is 5.10 Å². The molecule has 146 valence electrons. The largest absolute Gasteiger partial charge is 0.497 e. The number of fused-ring (bicyclic) bond motifs is 1. The van der Waals surface area contributed by atoms with Crippen LogP contribution >= 0.6 is 0 Å². The van der Waals surface area contributed by atoms with E-state index in [1.54, 1.807) is 44.4 Å². The van der Waals surface area contributed by atoms with Gasteiger partial charge in [0, 0.05) is 0 Å². The van der Waals surface area contributed by atoms with Crippen LogP contribution in [0.1, 0.15) is 24.1 Å². The first-order chi connectivity index (χ1) is 13.6. The number of methoxy groups -OCH3 is 1. The third-order valence-electron chi connectivity index (χ3n) is 4.12. The van der Waals surface area contributed by atoms with Crippen molar-refractivity contribution >= 4 is 18.0 Å². The number of amides is 2. The van der Waals surface area contributed by atoms with Crippen molar-refractivity contribution in [2.45, 2.75) is 13.0 Å². The van der Waals surface area contributed by atoms with E-state index in [0.717, 1.165) is 5.56 Å². The number of carbonyl (C=O) groups excluding carboxylic acids is 2. The van der Waals surface area contributed by atoms with E-state index >= 15 is 0 Å². The number of hydrazone groups is 1. The van der Waals surface area contributed by atoms with Gasteiger partial charge in [0.05, 0.1) is 19.4 Å². The molecule has 1 aliphatic rings. The van der Waals surface area contributed by atoms with Crippen molar-refractivity contribution in [3.8, 4) is 17.2 Å². The summed E-state index contributed by atoms with van der Waals surface area (Å²) in [4.78, 5) is 24.0. The molecule has 0 bridgehead atoms. The number of benzene rings is 2. The molecule has 0 aromatic heterocycles. The Balaban J connectivity index is 1.52. The van der Waals surface area contributed by atoms with E-state index in [2.05, 4.69) is 15.8 Å². The lowest BCUT2D eigenvalue weighted by Crippen LogP contribution is -2.39. The number of carbonyl (C=O) groups is 2. The first-order valence-corrected chi connectivity index (χ1v) is 8.74. The van der Waals surface area contributed by atoms with E-state index in [-0.39, 0.29) is 6.04 Å². The fourth-order valence-electron chi connectivity index (χ4n) is 2.59. The zero-order chi connectivity index (χ0) is 19.9. The maximum Gasteiger partial charge on any atom is 0.329 e. The van der Waals surface area contributed by atoms with Crippen LogP contribution in [0.2, 0.25) is 0 Å². The van der Waals surface area contributed by atoms with Crippen LogP contribution in [0.25, 0.3) is 0 Å². The molecular formula is C20H21N3O5. The summed E-state index contributed by atoms with van der Waals surface area (Å²) in [5.74, 6) is 0.372. The van der Waals surface area contributed by atoms with Crippen molar-refractivity contribution in [2.75, 3.05) is 20.3 Å². The first kappa shape index (κ1) is 19.2. The number of nitrogens with zero attached hydrogens (tertiary/aromatic N) is 1. The van der Waals surface area contributed by atoms with Crippen LogP contribution in [0.4, 0.5) is 0 Å². The minimum absolute atomic E-state index is 0.342. The van der Waals surface area contributed by atoms with Gasteiger partial charge in [0.15, 0.2) is 11.5 Å². The van der Waals surface area contributed by atoms with Gasteiger partial charge >= 0.3 is 11.8 Å². The van der Waals surface area contributed by atoms with Gasteiger partial charge in [-0.2, -0.15) is 5.10 Å². The molecule has 2 amide bonds. The average Bonchev–Trinajstić information content (AvgIpc) is 2.73. The maximum atomic E-state index is 12.0. The highest BCUT2D eigenvalue weighted by Crippen LogP contribution is 2.30. The summed E-state index contributed by atoms with van der Waals surface area (Å²) < 4.78 is 16.0. The molecule has 1 unspecified atom stereocenters. The molecule has 1 heterocycles. The molecule has 8 heteroatoms. The number of hydrogen-bond donors (Lipinski definition) is 2. The van der Waals surface area contributed by atoms with E-state index in [1.807, 2.05) is 12.1 Å². The lowest BCUT2D eigenvalue weighted by molar-refractivity contribution is -0.139. The summed E-state index contributed by atoms with van der Waals surface area (Å²) in [7, 11) is 1.58. The highest BCUT2D eigenvalue weighted by atomic mass is 16.6. The molecule has 3 rings (SSSR count). The highest BCUT2D eigenvalue weighted by molar-refractivity contribution is 6.35. The maximum absolute atomic E-state index is 12.0. The Labute approximate surface area is 162 Å². The molecule has 0 aliphatic carbocycles. The molecule has 0 saturated heterocycles. The van der Waals surface area contributed by atoms with Crippen molar-refractivity contribution in [3.05, 3.63) is 53.6 Å². The molecule has 2 N–H and O–H groups in total. The third kappa shape index (κ3) is 4.79. The summed E-state index contributed by atoms with van der Waals surface area (Å²) in [5, 5.41) is 6.44. The van der Waals surface area contributed by atoms with E-state index in [0.29, 0.717) is 36.0 Å². The molecule has 0 radical (unpaired) electrons. The summed E-state index contributed by atoms with van der Waals surface area (Å²) in [6.45, 7) is 2.78. The number of ether oxygens (including phenoxy) is 3. The second kappa shape index (κ2) is 8.90. The SMILES string of the molecule is COc1ccc(C(C)NC(=O)C(=O)NN=Cc2ccc3c(c2)OCCO3)cc1. The molecule has 2 aromatic rings. The molecule has 2 aromatic carbocycles. The zero-order valence-electron chi connectivity index (χ0n) is 15.6. The smallest absolute Gasteiger partial charge is 0.329 e. The summed E-state index contributed by atoms with van der Waals surface area (Å²) >= 11 is 0. The van der Waals surface area contributed by atoms with Gasteiger partial charge in [-0.15, -0.1) is 0 Å². The van der Waals surface area contributed by atoms with Crippen LogP contribution < -0.4 is 25.0 Å². The second-order valence-electron chi connectivity index (χ2n) is 6.07. The van der Waals surface area contributed by atoms with Gasteiger partial charge < -0.3 is 19.5 Å². The lowest BCUT2D eigenvalue weighted by Gasteiger charge is -2.18. The quantitative estimate of drug-likeness (QED) is 0.466. The number of rotatable bonds is 5. The fraction of sp³-hybridized carbons (Fsp3) is 0.250. The lowest BCUT2D eigenvalue weighted by atomic mass is 10.1. The summed E-state index contributed by atoms with van der Waals surface area (Å²) in [5.41, 5.74) is 3.77.